The van der Waals surface area contributed by atoms with Gasteiger partial charge in [0, 0.05) is 10.1 Å². The van der Waals surface area contributed by atoms with Gasteiger partial charge in [0.15, 0.2) is 11.5 Å². The Bertz CT molecular complexity index is 1080. The van der Waals surface area contributed by atoms with Gasteiger partial charge >= 0.3 is 0 Å². The van der Waals surface area contributed by atoms with Crippen LogP contribution in [0, 0.1) is 0 Å². The molecule has 3 rings (SSSR count). The molecule has 0 aliphatic carbocycles. The van der Waals surface area contributed by atoms with Crippen molar-refractivity contribution >= 4 is 51.1 Å². The number of carbonyl (C=O) groups is 2. The quantitative estimate of drug-likeness (QED) is 0.443. The van der Waals surface area contributed by atoms with Crippen LogP contribution in [-0.4, -0.2) is 38.8 Å². The lowest BCUT2D eigenvalue weighted by Gasteiger charge is -2.07. The molecule has 9 heteroatoms. The minimum atomic E-state index is -0.465. The molecule has 0 spiro atoms. The van der Waals surface area contributed by atoms with Gasteiger partial charge in [-0.15, -0.1) is 11.3 Å². The maximum Gasteiger partial charge on any atom is 0.263 e. The molecular formula is C20H18ClN3O4S. The van der Waals surface area contributed by atoms with Crippen LogP contribution >= 0.6 is 22.9 Å². The van der Waals surface area contributed by atoms with Crippen molar-refractivity contribution in [2.75, 3.05) is 20.8 Å². The van der Waals surface area contributed by atoms with E-state index >= 15 is 0 Å². The van der Waals surface area contributed by atoms with E-state index in [9.17, 15) is 9.59 Å². The summed E-state index contributed by atoms with van der Waals surface area (Å²) in [4.78, 5) is 24.6. The van der Waals surface area contributed by atoms with Crippen molar-refractivity contribution in [3.05, 3.63) is 57.9 Å². The maximum atomic E-state index is 12.3. The second-order valence-electron chi connectivity index (χ2n) is 5.83. The van der Waals surface area contributed by atoms with Crippen LogP contribution in [0.15, 0.2) is 47.6 Å². The van der Waals surface area contributed by atoms with Gasteiger partial charge < -0.3 is 14.8 Å². The van der Waals surface area contributed by atoms with Crippen molar-refractivity contribution in [1.82, 2.24) is 10.7 Å². The van der Waals surface area contributed by atoms with E-state index in [1.54, 1.807) is 25.3 Å². The second-order valence-corrected chi connectivity index (χ2v) is 7.26. The number of carbonyl (C=O) groups excluding carboxylic acids is 2. The number of fused-ring (bicyclic) bond motifs is 1. The molecular weight excluding hydrogens is 414 g/mol. The molecule has 1 heterocycles. The molecule has 2 N–H and O–H groups in total. The number of amides is 2. The molecule has 29 heavy (non-hydrogen) atoms. The van der Waals surface area contributed by atoms with Gasteiger partial charge in [-0.2, -0.15) is 5.10 Å². The Morgan fingerprint density at radius 2 is 1.90 bits per heavy atom. The summed E-state index contributed by atoms with van der Waals surface area (Å²) in [6, 6.07) is 12.7. The Hall–Kier alpha value is -3.10. The topological polar surface area (TPSA) is 89.0 Å². The Kier molecular flexibility index (Phi) is 6.69. The van der Waals surface area contributed by atoms with Gasteiger partial charge in [0.05, 0.1) is 32.0 Å². The fraction of sp³-hybridized carbons (Fsp3) is 0.150. The highest BCUT2D eigenvalue weighted by molar-refractivity contribution is 7.21. The lowest BCUT2D eigenvalue weighted by atomic mass is 10.2. The van der Waals surface area contributed by atoms with E-state index in [2.05, 4.69) is 15.8 Å². The first kappa shape index (κ1) is 20.6. The normalized spacial score (nSPS) is 10.9. The lowest BCUT2D eigenvalue weighted by molar-refractivity contribution is -0.120. The van der Waals surface area contributed by atoms with Crippen molar-refractivity contribution in [1.29, 1.82) is 0 Å². The van der Waals surface area contributed by atoms with Crippen molar-refractivity contribution < 1.29 is 19.1 Å². The van der Waals surface area contributed by atoms with E-state index < -0.39 is 11.8 Å². The maximum absolute atomic E-state index is 12.3. The van der Waals surface area contributed by atoms with Crippen LogP contribution in [0.1, 0.15) is 15.2 Å². The standard InChI is InChI=1S/C20H18ClN3O4S/c1-27-14-8-7-12(9-15(14)28-2)10-23-24-17(25)11-22-20(26)19-18(21)13-5-3-4-6-16(13)29-19/h3-10H,11H2,1-2H3,(H,22,26)(H,24,25)/b23-10+. The highest BCUT2D eigenvalue weighted by Crippen LogP contribution is 2.34. The molecule has 1 aromatic heterocycles. The number of benzene rings is 2. The molecule has 3 aromatic rings. The van der Waals surface area contributed by atoms with E-state index in [1.165, 1.54) is 24.7 Å². The molecule has 0 radical (unpaired) electrons. The highest BCUT2D eigenvalue weighted by atomic mass is 35.5. The van der Waals surface area contributed by atoms with Gasteiger partial charge in [-0.1, -0.05) is 29.8 Å². The number of thiophene rings is 1. The molecule has 0 saturated carbocycles. The van der Waals surface area contributed by atoms with Crippen LogP contribution in [0.4, 0.5) is 0 Å². The lowest BCUT2D eigenvalue weighted by Crippen LogP contribution is -2.34. The van der Waals surface area contributed by atoms with Gasteiger partial charge in [0.2, 0.25) is 0 Å². The Labute approximate surface area is 176 Å². The molecule has 0 saturated heterocycles. The zero-order chi connectivity index (χ0) is 20.8. The molecule has 0 unspecified atom stereocenters. The van der Waals surface area contributed by atoms with Gasteiger partial charge in [-0.3, -0.25) is 9.59 Å². The van der Waals surface area contributed by atoms with Gasteiger partial charge in [-0.25, -0.2) is 5.43 Å². The van der Waals surface area contributed by atoms with E-state index in [-0.39, 0.29) is 6.54 Å². The molecule has 2 amide bonds. The molecule has 2 aromatic carbocycles. The van der Waals surface area contributed by atoms with Crippen LogP contribution in [0.25, 0.3) is 10.1 Å². The SMILES string of the molecule is COc1ccc(/C=N/NC(=O)CNC(=O)c2sc3ccccc3c2Cl)cc1OC. The van der Waals surface area contributed by atoms with Gasteiger partial charge in [0.25, 0.3) is 11.8 Å². The number of hydrazone groups is 1. The number of nitrogens with zero attached hydrogens (tertiary/aromatic N) is 1. The van der Waals surface area contributed by atoms with E-state index in [1.807, 2.05) is 24.3 Å². The summed E-state index contributed by atoms with van der Waals surface area (Å²) in [5.74, 6) is 0.272. The number of methoxy groups -OCH3 is 2. The Morgan fingerprint density at radius 1 is 1.14 bits per heavy atom. The van der Waals surface area contributed by atoms with Crippen LogP contribution in [0.5, 0.6) is 11.5 Å². The predicted molar refractivity (Wildman–Crippen MR) is 114 cm³/mol. The number of rotatable bonds is 7. The van der Waals surface area contributed by atoms with Crippen molar-refractivity contribution in [3.8, 4) is 11.5 Å². The number of hydrogen-bond donors (Lipinski definition) is 2. The van der Waals surface area contributed by atoms with Crippen LogP contribution in [0.2, 0.25) is 5.02 Å². The minimum Gasteiger partial charge on any atom is -0.493 e. The summed E-state index contributed by atoms with van der Waals surface area (Å²) in [6.07, 6.45) is 1.46. The summed E-state index contributed by atoms with van der Waals surface area (Å²) in [5, 5.41) is 7.62. The zero-order valence-corrected chi connectivity index (χ0v) is 17.3. The van der Waals surface area contributed by atoms with Crippen LogP contribution in [0.3, 0.4) is 0 Å². The summed E-state index contributed by atoms with van der Waals surface area (Å²) < 4.78 is 11.3. The highest BCUT2D eigenvalue weighted by Gasteiger charge is 2.17. The zero-order valence-electron chi connectivity index (χ0n) is 15.7. The summed E-state index contributed by atoms with van der Waals surface area (Å²) >= 11 is 7.55. The van der Waals surface area contributed by atoms with E-state index in [0.29, 0.717) is 27.0 Å². The fourth-order valence-electron chi connectivity index (χ4n) is 2.55. The fourth-order valence-corrected chi connectivity index (χ4v) is 3.99. The molecule has 0 bridgehead atoms. The smallest absolute Gasteiger partial charge is 0.263 e. The molecule has 0 aliphatic heterocycles. The summed E-state index contributed by atoms with van der Waals surface area (Å²) in [7, 11) is 3.08. The van der Waals surface area contributed by atoms with Crippen LogP contribution in [-0.2, 0) is 4.79 Å². The van der Waals surface area contributed by atoms with Crippen LogP contribution < -0.4 is 20.2 Å². The Balaban J connectivity index is 1.55. The first-order valence-corrected chi connectivity index (χ1v) is 9.72. The molecule has 7 nitrogen and oxygen atoms in total. The third-order valence-electron chi connectivity index (χ3n) is 3.96. The third kappa shape index (κ3) is 4.85. The van der Waals surface area contributed by atoms with Gasteiger partial charge in [0.1, 0.15) is 4.88 Å². The molecule has 0 aliphatic rings. The van der Waals surface area contributed by atoms with Crippen molar-refractivity contribution in [2.45, 2.75) is 0 Å². The number of ether oxygens (including phenoxy) is 2. The monoisotopic (exact) mass is 431 g/mol. The first-order valence-electron chi connectivity index (χ1n) is 8.52. The third-order valence-corrected chi connectivity index (χ3v) is 5.64. The predicted octanol–water partition coefficient (Wildman–Crippen LogP) is 3.45. The average Bonchev–Trinajstić information content (AvgIpc) is 3.08. The van der Waals surface area contributed by atoms with Gasteiger partial charge in [-0.05, 0) is 29.8 Å². The van der Waals surface area contributed by atoms with E-state index in [4.69, 9.17) is 21.1 Å². The summed E-state index contributed by atoms with van der Waals surface area (Å²) in [6.45, 7) is -0.229. The number of nitrogens with one attached hydrogen (secondary N) is 2. The minimum absolute atomic E-state index is 0.229. The largest absolute Gasteiger partial charge is 0.493 e. The Morgan fingerprint density at radius 3 is 2.62 bits per heavy atom. The molecule has 0 atom stereocenters. The first-order chi connectivity index (χ1) is 14.0. The van der Waals surface area contributed by atoms with Crippen molar-refractivity contribution in [2.24, 2.45) is 5.10 Å². The summed E-state index contributed by atoms with van der Waals surface area (Å²) in [5.41, 5.74) is 3.07. The average molecular weight is 432 g/mol. The molecule has 150 valence electrons. The molecule has 0 fully saturated rings. The van der Waals surface area contributed by atoms with E-state index in [0.717, 1.165) is 10.1 Å². The second kappa shape index (κ2) is 9.40. The number of halogens is 1. The number of hydrogen-bond acceptors (Lipinski definition) is 6. The van der Waals surface area contributed by atoms with Crippen molar-refractivity contribution in [3.63, 3.8) is 0 Å².